The van der Waals surface area contributed by atoms with Crippen molar-refractivity contribution in [3.63, 3.8) is 0 Å². The van der Waals surface area contributed by atoms with Gasteiger partial charge in [0, 0.05) is 36.1 Å². The Morgan fingerprint density at radius 2 is 2.18 bits per heavy atom. The van der Waals surface area contributed by atoms with Crippen LogP contribution >= 0.6 is 12.6 Å². The molecule has 2 aromatic rings. The number of hydrogen-bond acceptors (Lipinski definition) is 3. The summed E-state index contributed by atoms with van der Waals surface area (Å²) in [6.07, 6.45) is 5.12. The van der Waals surface area contributed by atoms with E-state index < -0.39 is 0 Å². The van der Waals surface area contributed by atoms with Gasteiger partial charge in [0.15, 0.2) is 0 Å². The van der Waals surface area contributed by atoms with Gasteiger partial charge in [0.1, 0.15) is 0 Å². The molecule has 3 rings (SSSR count). The van der Waals surface area contributed by atoms with Crippen molar-refractivity contribution < 1.29 is 0 Å². The summed E-state index contributed by atoms with van der Waals surface area (Å²) in [5, 5.41) is 3.09. The maximum absolute atomic E-state index is 4.53. The number of thiol groups is 1. The molecule has 17 heavy (non-hydrogen) atoms. The first-order chi connectivity index (χ1) is 8.33. The van der Waals surface area contributed by atoms with Gasteiger partial charge in [-0.1, -0.05) is 24.3 Å². The van der Waals surface area contributed by atoms with Crippen molar-refractivity contribution in [3.05, 3.63) is 42.2 Å². The maximum atomic E-state index is 4.53. The lowest BCUT2D eigenvalue weighted by Crippen LogP contribution is -2.20. The quantitative estimate of drug-likeness (QED) is 0.818. The minimum Gasteiger partial charge on any atom is -0.298 e. The van der Waals surface area contributed by atoms with Crippen LogP contribution in [0.2, 0.25) is 0 Å². The minimum absolute atomic E-state index is 0.540. The van der Waals surface area contributed by atoms with E-state index in [2.05, 4.69) is 46.8 Å². The first kappa shape index (κ1) is 11.1. The second-order valence-corrected chi connectivity index (χ2v) is 5.43. The molecule has 1 aliphatic rings. The highest BCUT2D eigenvalue weighted by atomic mass is 32.1. The highest BCUT2D eigenvalue weighted by molar-refractivity contribution is 7.81. The number of likely N-dealkylation sites (tertiary alicyclic amines) is 1. The van der Waals surface area contributed by atoms with Gasteiger partial charge in [-0.2, -0.15) is 12.6 Å². The van der Waals surface area contributed by atoms with Crippen LogP contribution in [0.15, 0.2) is 36.7 Å². The average molecular weight is 244 g/mol. The summed E-state index contributed by atoms with van der Waals surface area (Å²) in [5.74, 6) is 0. The van der Waals surface area contributed by atoms with Crippen LogP contribution in [0.3, 0.4) is 0 Å². The molecule has 0 aliphatic carbocycles. The molecule has 2 nitrogen and oxygen atoms in total. The minimum atomic E-state index is 0.540. The van der Waals surface area contributed by atoms with E-state index in [9.17, 15) is 0 Å². The molecule has 0 N–H and O–H groups in total. The van der Waals surface area contributed by atoms with E-state index in [4.69, 9.17) is 0 Å². The molecule has 1 aromatic heterocycles. The molecule has 2 heterocycles. The van der Waals surface area contributed by atoms with Gasteiger partial charge in [-0.15, -0.1) is 0 Å². The zero-order valence-electron chi connectivity index (χ0n) is 9.71. The molecule has 3 heteroatoms. The lowest BCUT2D eigenvalue weighted by atomic mass is 10.1. The smallest absolute Gasteiger partial charge is 0.0346 e. The first-order valence-corrected chi connectivity index (χ1v) is 6.56. The Balaban J connectivity index is 1.90. The fraction of sp³-hybridized carbons (Fsp3) is 0.357. The molecule has 0 spiro atoms. The Morgan fingerprint density at radius 3 is 3.00 bits per heavy atom. The van der Waals surface area contributed by atoms with Crippen LogP contribution in [0.1, 0.15) is 12.0 Å². The Bertz CT molecular complexity index is 521. The van der Waals surface area contributed by atoms with E-state index in [1.54, 1.807) is 0 Å². The molecule has 1 unspecified atom stereocenters. The molecular weight excluding hydrogens is 228 g/mol. The summed E-state index contributed by atoms with van der Waals surface area (Å²) < 4.78 is 0. The standard InChI is InChI=1S/C14H16N2S/c17-13-5-6-16(10-13)9-12-8-15-7-11-3-1-2-4-14(11)12/h1-4,7-8,13,17H,5-6,9-10H2. The van der Waals surface area contributed by atoms with E-state index in [0.717, 1.165) is 19.6 Å². The van der Waals surface area contributed by atoms with Crippen LogP contribution in [-0.4, -0.2) is 28.2 Å². The molecule has 1 aliphatic heterocycles. The van der Waals surface area contributed by atoms with Crippen molar-refractivity contribution in [2.24, 2.45) is 0 Å². The van der Waals surface area contributed by atoms with Gasteiger partial charge in [0.05, 0.1) is 0 Å². The molecule has 88 valence electrons. The number of rotatable bonds is 2. The molecule has 1 aromatic carbocycles. The van der Waals surface area contributed by atoms with Gasteiger partial charge in [0.2, 0.25) is 0 Å². The molecule has 1 saturated heterocycles. The Morgan fingerprint density at radius 1 is 1.29 bits per heavy atom. The maximum Gasteiger partial charge on any atom is 0.0346 e. The van der Waals surface area contributed by atoms with Crippen molar-refractivity contribution in [3.8, 4) is 0 Å². The van der Waals surface area contributed by atoms with Gasteiger partial charge in [-0.3, -0.25) is 9.88 Å². The molecule has 0 amide bonds. The van der Waals surface area contributed by atoms with E-state index in [1.165, 1.54) is 22.8 Å². The third kappa shape index (κ3) is 2.31. The van der Waals surface area contributed by atoms with Crippen LogP contribution in [-0.2, 0) is 6.54 Å². The first-order valence-electron chi connectivity index (χ1n) is 6.05. The summed E-state index contributed by atoms with van der Waals surface area (Å²) >= 11 is 4.53. The van der Waals surface area contributed by atoms with Gasteiger partial charge in [0.25, 0.3) is 0 Å². The normalized spacial score (nSPS) is 21.1. The summed E-state index contributed by atoms with van der Waals surface area (Å²) in [7, 11) is 0. The summed E-state index contributed by atoms with van der Waals surface area (Å²) in [6, 6.07) is 8.46. The number of pyridine rings is 1. The fourth-order valence-corrected chi connectivity index (χ4v) is 2.85. The Kier molecular flexibility index (Phi) is 3.04. The summed E-state index contributed by atoms with van der Waals surface area (Å²) in [4.78, 5) is 6.79. The highest BCUT2D eigenvalue weighted by Gasteiger charge is 2.19. The Labute approximate surface area is 107 Å². The second kappa shape index (κ2) is 4.67. The van der Waals surface area contributed by atoms with Crippen molar-refractivity contribution in [1.29, 1.82) is 0 Å². The molecule has 0 bridgehead atoms. The monoisotopic (exact) mass is 244 g/mol. The number of nitrogens with zero attached hydrogens (tertiary/aromatic N) is 2. The summed E-state index contributed by atoms with van der Waals surface area (Å²) in [6.45, 7) is 3.23. The van der Waals surface area contributed by atoms with E-state index in [1.807, 2.05) is 12.4 Å². The van der Waals surface area contributed by atoms with Crippen molar-refractivity contribution in [2.75, 3.05) is 13.1 Å². The largest absolute Gasteiger partial charge is 0.298 e. The lowest BCUT2D eigenvalue weighted by Gasteiger charge is -2.16. The number of aromatic nitrogens is 1. The van der Waals surface area contributed by atoms with Gasteiger partial charge >= 0.3 is 0 Å². The van der Waals surface area contributed by atoms with Crippen molar-refractivity contribution in [2.45, 2.75) is 18.2 Å². The van der Waals surface area contributed by atoms with Crippen molar-refractivity contribution >= 4 is 23.4 Å². The van der Waals surface area contributed by atoms with Crippen LogP contribution in [0, 0.1) is 0 Å². The number of benzene rings is 1. The topological polar surface area (TPSA) is 16.1 Å². The Hall–Kier alpha value is -1.06. The van der Waals surface area contributed by atoms with Gasteiger partial charge in [-0.25, -0.2) is 0 Å². The zero-order chi connectivity index (χ0) is 11.7. The molecule has 1 atom stereocenters. The molecule has 0 radical (unpaired) electrons. The van der Waals surface area contributed by atoms with E-state index in [-0.39, 0.29) is 0 Å². The number of hydrogen-bond donors (Lipinski definition) is 1. The SMILES string of the molecule is SC1CCN(Cc2cncc3ccccc23)C1. The second-order valence-electron chi connectivity index (χ2n) is 4.70. The van der Waals surface area contributed by atoms with Crippen LogP contribution in [0.4, 0.5) is 0 Å². The fourth-order valence-electron chi connectivity index (χ4n) is 2.50. The van der Waals surface area contributed by atoms with Crippen molar-refractivity contribution in [1.82, 2.24) is 9.88 Å². The zero-order valence-corrected chi connectivity index (χ0v) is 10.6. The van der Waals surface area contributed by atoms with Gasteiger partial charge in [-0.05, 0) is 23.9 Å². The average Bonchev–Trinajstić information content (AvgIpc) is 2.75. The van der Waals surface area contributed by atoms with E-state index in [0.29, 0.717) is 5.25 Å². The van der Waals surface area contributed by atoms with Gasteiger partial charge < -0.3 is 0 Å². The predicted molar refractivity (Wildman–Crippen MR) is 74.4 cm³/mol. The van der Waals surface area contributed by atoms with Crippen LogP contribution < -0.4 is 0 Å². The highest BCUT2D eigenvalue weighted by Crippen LogP contribution is 2.21. The van der Waals surface area contributed by atoms with E-state index >= 15 is 0 Å². The van der Waals surface area contributed by atoms with Crippen LogP contribution in [0.5, 0.6) is 0 Å². The number of fused-ring (bicyclic) bond motifs is 1. The third-order valence-corrected chi connectivity index (χ3v) is 3.81. The third-order valence-electron chi connectivity index (χ3n) is 3.39. The lowest BCUT2D eigenvalue weighted by molar-refractivity contribution is 0.333. The molecule has 1 fully saturated rings. The van der Waals surface area contributed by atoms with Crippen LogP contribution in [0.25, 0.3) is 10.8 Å². The molecule has 0 saturated carbocycles. The molecular formula is C14H16N2S. The predicted octanol–water partition coefficient (Wildman–Crippen LogP) is 2.74. The summed E-state index contributed by atoms with van der Waals surface area (Å²) in [5.41, 5.74) is 1.32.